The molecule has 2 unspecified atom stereocenters. The highest BCUT2D eigenvalue weighted by Gasteiger charge is 2.20. The summed E-state index contributed by atoms with van der Waals surface area (Å²) < 4.78 is 0. The van der Waals surface area contributed by atoms with Crippen LogP contribution in [-0.4, -0.2) is 6.71 Å². The SMILES string of the molecule is CCCC(C)B(C)C(C)CCC. The maximum Gasteiger partial charge on any atom is 0.142 e. The Hall–Kier alpha value is 0.0649. The number of hydrogen-bond donors (Lipinski definition) is 0. The van der Waals surface area contributed by atoms with Crippen LogP contribution >= 0.6 is 0 Å². The first kappa shape index (κ1) is 12.1. The summed E-state index contributed by atoms with van der Waals surface area (Å²) in [7, 11) is 0. The predicted octanol–water partition coefficient (Wildman–Crippen LogP) is 4.49. The highest BCUT2D eigenvalue weighted by Crippen LogP contribution is 2.28. The molecule has 72 valence electrons. The van der Waals surface area contributed by atoms with E-state index < -0.39 is 0 Å². The molecule has 1 heteroatoms. The lowest BCUT2D eigenvalue weighted by Crippen LogP contribution is -2.19. The zero-order chi connectivity index (χ0) is 9.56. The van der Waals surface area contributed by atoms with Gasteiger partial charge in [0.15, 0.2) is 0 Å². The van der Waals surface area contributed by atoms with Crippen molar-refractivity contribution in [1.29, 1.82) is 0 Å². The van der Waals surface area contributed by atoms with Crippen LogP contribution in [0.25, 0.3) is 0 Å². The molecule has 0 heterocycles. The van der Waals surface area contributed by atoms with E-state index in [9.17, 15) is 0 Å². The quantitative estimate of drug-likeness (QED) is 0.512. The van der Waals surface area contributed by atoms with Crippen molar-refractivity contribution < 1.29 is 0 Å². The van der Waals surface area contributed by atoms with Crippen LogP contribution in [0.4, 0.5) is 0 Å². The van der Waals surface area contributed by atoms with Gasteiger partial charge in [-0.25, -0.2) is 0 Å². The molecule has 2 atom stereocenters. The molecule has 0 amide bonds. The third kappa shape index (κ3) is 4.18. The smallest absolute Gasteiger partial charge is 0.0857 e. The third-order valence-electron chi connectivity index (χ3n) is 3.28. The van der Waals surface area contributed by atoms with Crippen LogP contribution in [0, 0.1) is 0 Å². The van der Waals surface area contributed by atoms with Crippen LogP contribution in [0.3, 0.4) is 0 Å². The molecule has 0 saturated heterocycles. The summed E-state index contributed by atoms with van der Waals surface area (Å²) in [5.41, 5.74) is 0. The molecule has 0 spiro atoms. The minimum absolute atomic E-state index is 0.907. The van der Waals surface area contributed by atoms with Crippen molar-refractivity contribution in [3.8, 4) is 0 Å². The van der Waals surface area contributed by atoms with Crippen molar-refractivity contribution in [3.05, 3.63) is 0 Å². The van der Waals surface area contributed by atoms with Gasteiger partial charge in [0.25, 0.3) is 0 Å². The Kier molecular flexibility index (Phi) is 6.60. The second-order valence-electron chi connectivity index (χ2n) is 4.39. The monoisotopic (exact) mass is 168 g/mol. The van der Waals surface area contributed by atoms with E-state index in [1.165, 1.54) is 25.7 Å². The highest BCUT2D eigenvalue weighted by atomic mass is 14.0. The lowest BCUT2D eigenvalue weighted by atomic mass is 9.35. The van der Waals surface area contributed by atoms with Crippen molar-refractivity contribution in [3.63, 3.8) is 0 Å². The van der Waals surface area contributed by atoms with Gasteiger partial charge in [-0.1, -0.05) is 71.8 Å². The highest BCUT2D eigenvalue weighted by molar-refractivity contribution is 6.60. The van der Waals surface area contributed by atoms with E-state index in [2.05, 4.69) is 34.5 Å². The van der Waals surface area contributed by atoms with E-state index in [1.807, 2.05) is 0 Å². The molecule has 0 fully saturated rings. The summed E-state index contributed by atoms with van der Waals surface area (Å²) >= 11 is 0. The van der Waals surface area contributed by atoms with Crippen molar-refractivity contribution in [2.75, 3.05) is 0 Å². The molecule has 0 saturated carbocycles. The fourth-order valence-electron chi connectivity index (χ4n) is 2.00. The number of hydrogen-bond acceptors (Lipinski definition) is 0. The summed E-state index contributed by atoms with van der Waals surface area (Å²) in [6.07, 6.45) is 5.47. The molecule has 0 aromatic rings. The van der Waals surface area contributed by atoms with E-state index >= 15 is 0 Å². The molecule has 0 nitrogen and oxygen atoms in total. The van der Waals surface area contributed by atoms with E-state index in [1.54, 1.807) is 0 Å². The van der Waals surface area contributed by atoms with Gasteiger partial charge in [-0.3, -0.25) is 0 Å². The molecule has 0 N–H and O–H groups in total. The summed E-state index contributed by atoms with van der Waals surface area (Å²) in [5.74, 6) is 1.83. The summed E-state index contributed by atoms with van der Waals surface area (Å²) in [6.45, 7) is 12.7. The van der Waals surface area contributed by atoms with Gasteiger partial charge in [-0.15, -0.1) is 0 Å². The average Bonchev–Trinajstić information content (AvgIpc) is 2.04. The van der Waals surface area contributed by atoms with Crippen molar-refractivity contribution in [2.45, 2.75) is 71.8 Å². The molecule has 0 aliphatic carbocycles. The first-order valence-electron chi connectivity index (χ1n) is 5.63. The fourth-order valence-corrected chi connectivity index (χ4v) is 2.00. The van der Waals surface area contributed by atoms with Gasteiger partial charge in [-0.05, 0) is 0 Å². The van der Waals surface area contributed by atoms with Crippen LogP contribution in [0.1, 0.15) is 53.4 Å². The van der Waals surface area contributed by atoms with Gasteiger partial charge < -0.3 is 0 Å². The van der Waals surface area contributed by atoms with Crippen molar-refractivity contribution in [2.24, 2.45) is 0 Å². The Balaban J connectivity index is 3.73. The Morgan fingerprint density at radius 3 is 1.50 bits per heavy atom. The standard InChI is InChI=1S/C11H25B/c1-6-8-10(3)12(5)11(4)9-7-2/h10-11H,6-9H2,1-5H3. The molecular weight excluding hydrogens is 143 g/mol. The summed E-state index contributed by atoms with van der Waals surface area (Å²) in [5, 5.41) is 0. The molecule has 0 rings (SSSR count). The van der Waals surface area contributed by atoms with E-state index in [0.29, 0.717) is 0 Å². The molecule has 0 bridgehead atoms. The van der Waals surface area contributed by atoms with Crippen LogP contribution in [0.15, 0.2) is 0 Å². The zero-order valence-electron chi connectivity index (χ0n) is 9.56. The van der Waals surface area contributed by atoms with Gasteiger partial charge in [0, 0.05) is 0 Å². The Bertz CT molecular complexity index is 89.2. The summed E-state index contributed by atoms with van der Waals surface area (Å²) in [6, 6.07) is 0. The normalized spacial score (nSPS) is 15.8. The van der Waals surface area contributed by atoms with Crippen LogP contribution in [0.5, 0.6) is 0 Å². The second-order valence-corrected chi connectivity index (χ2v) is 4.39. The fraction of sp³-hybridized carbons (Fsp3) is 1.00. The molecule has 0 aromatic carbocycles. The maximum atomic E-state index is 2.42. The molecule has 0 radical (unpaired) electrons. The van der Waals surface area contributed by atoms with E-state index in [4.69, 9.17) is 0 Å². The predicted molar refractivity (Wildman–Crippen MR) is 60.3 cm³/mol. The first-order valence-corrected chi connectivity index (χ1v) is 5.63. The largest absolute Gasteiger partial charge is 0.142 e. The minimum atomic E-state index is 0.907. The second kappa shape index (κ2) is 6.57. The molecule has 0 aromatic heterocycles. The van der Waals surface area contributed by atoms with Crippen molar-refractivity contribution in [1.82, 2.24) is 0 Å². The zero-order valence-corrected chi connectivity index (χ0v) is 9.56. The topological polar surface area (TPSA) is 0 Å². The third-order valence-corrected chi connectivity index (χ3v) is 3.28. The number of rotatable bonds is 6. The van der Waals surface area contributed by atoms with Crippen LogP contribution in [0.2, 0.25) is 18.5 Å². The van der Waals surface area contributed by atoms with Gasteiger partial charge in [-0.2, -0.15) is 0 Å². The van der Waals surface area contributed by atoms with Crippen LogP contribution in [-0.2, 0) is 0 Å². The lowest BCUT2D eigenvalue weighted by molar-refractivity contribution is 0.701. The van der Waals surface area contributed by atoms with Gasteiger partial charge in [0.1, 0.15) is 6.71 Å². The Morgan fingerprint density at radius 2 is 1.25 bits per heavy atom. The average molecular weight is 168 g/mol. The lowest BCUT2D eigenvalue weighted by Gasteiger charge is -2.22. The molecule has 12 heavy (non-hydrogen) atoms. The summed E-state index contributed by atoms with van der Waals surface area (Å²) in [4.78, 5) is 0. The minimum Gasteiger partial charge on any atom is -0.0857 e. The molecular formula is C11H25B. The van der Waals surface area contributed by atoms with Crippen LogP contribution < -0.4 is 0 Å². The molecule has 0 aliphatic rings. The van der Waals surface area contributed by atoms with Gasteiger partial charge in [0.05, 0.1) is 0 Å². The Morgan fingerprint density at radius 1 is 0.917 bits per heavy atom. The molecule has 0 aliphatic heterocycles. The Labute approximate surface area is 79.2 Å². The maximum absolute atomic E-state index is 2.42. The van der Waals surface area contributed by atoms with E-state index in [-0.39, 0.29) is 0 Å². The van der Waals surface area contributed by atoms with Crippen molar-refractivity contribution >= 4 is 6.71 Å². The van der Waals surface area contributed by atoms with E-state index in [0.717, 1.165) is 18.3 Å². The van der Waals surface area contributed by atoms with Gasteiger partial charge in [0.2, 0.25) is 0 Å². The van der Waals surface area contributed by atoms with Gasteiger partial charge >= 0.3 is 0 Å². The first-order chi connectivity index (χ1) is 5.63.